The summed E-state index contributed by atoms with van der Waals surface area (Å²) in [5.41, 5.74) is 2.55. The molecule has 0 unspecified atom stereocenters. The summed E-state index contributed by atoms with van der Waals surface area (Å²) >= 11 is 0. The van der Waals surface area contributed by atoms with Crippen LogP contribution in [0, 0.1) is 12.3 Å². The second-order valence-electron chi connectivity index (χ2n) is 5.38. The largest absolute Gasteiger partial charge is 0.330 e. The second kappa shape index (κ2) is 6.83. The molecule has 2 nitrogen and oxygen atoms in total. The van der Waals surface area contributed by atoms with Crippen LogP contribution in [0.3, 0.4) is 0 Å². The molecule has 0 amide bonds. The van der Waals surface area contributed by atoms with Crippen LogP contribution in [0.25, 0.3) is 6.08 Å². The van der Waals surface area contributed by atoms with Crippen LogP contribution in [0.15, 0.2) is 5.57 Å². The van der Waals surface area contributed by atoms with Gasteiger partial charge in [0.25, 0.3) is 6.43 Å². The maximum absolute atomic E-state index is 12.7. The van der Waals surface area contributed by atoms with Crippen LogP contribution in [0.5, 0.6) is 0 Å². The third kappa shape index (κ3) is 4.44. The first-order valence-electron chi connectivity index (χ1n) is 6.64. The first-order chi connectivity index (χ1) is 8.64. The van der Waals surface area contributed by atoms with Crippen LogP contribution in [-0.2, 0) is 7.05 Å². The number of hydrogen-bond acceptors (Lipinski definition) is 1. The van der Waals surface area contributed by atoms with Gasteiger partial charge in [-0.05, 0) is 25.3 Å². The van der Waals surface area contributed by atoms with E-state index in [0.29, 0.717) is 5.69 Å². The van der Waals surface area contributed by atoms with Crippen molar-refractivity contribution in [3.05, 3.63) is 22.8 Å². The van der Waals surface area contributed by atoms with E-state index in [-0.39, 0.29) is 11.2 Å². The maximum Gasteiger partial charge on any atom is 0.295 e. The Balaban J connectivity index is 0.00000154. The van der Waals surface area contributed by atoms with Crippen LogP contribution >= 0.6 is 0 Å². The summed E-state index contributed by atoms with van der Waals surface area (Å²) in [7, 11) is 1.62. The van der Waals surface area contributed by atoms with Gasteiger partial charge >= 0.3 is 0 Å². The summed E-state index contributed by atoms with van der Waals surface area (Å²) in [6.07, 6.45) is -0.642. The molecule has 0 bridgehead atoms. The van der Waals surface area contributed by atoms with Gasteiger partial charge in [0.15, 0.2) is 5.82 Å². The number of allylic oxidation sites excluding steroid dienone is 1. The predicted octanol–water partition coefficient (Wildman–Crippen LogP) is 5.14. The molecule has 1 aromatic rings. The van der Waals surface area contributed by atoms with Crippen molar-refractivity contribution in [1.82, 2.24) is 9.55 Å². The highest BCUT2D eigenvalue weighted by Gasteiger charge is 2.19. The maximum atomic E-state index is 12.7. The molecule has 0 radical (unpaired) electrons. The second-order valence-corrected chi connectivity index (χ2v) is 5.38. The van der Waals surface area contributed by atoms with Gasteiger partial charge < -0.3 is 4.57 Å². The Bertz CT molecular complexity index is 438. The van der Waals surface area contributed by atoms with Gasteiger partial charge in [0.1, 0.15) is 0 Å². The zero-order chi connectivity index (χ0) is 15.4. The first kappa shape index (κ1) is 17.8. The number of aromatic nitrogens is 2. The van der Waals surface area contributed by atoms with Gasteiger partial charge in [0, 0.05) is 12.7 Å². The molecule has 19 heavy (non-hydrogen) atoms. The summed E-state index contributed by atoms with van der Waals surface area (Å²) in [5.74, 6) is -0.171. The van der Waals surface area contributed by atoms with Gasteiger partial charge in [-0.25, -0.2) is 13.8 Å². The quantitative estimate of drug-likeness (QED) is 0.728. The highest BCUT2D eigenvalue weighted by Crippen LogP contribution is 2.28. The predicted molar refractivity (Wildman–Crippen MR) is 77.4 cm³/mol. The Morgan fingerprint density at radius 2 is 1.74 bits per heavy atom. The molecule has 0 fully saturated rings. The monoisotopic (exact) mass is 272 g/mol. The van der Waals surface area contributed by atoms with Gasteiger partial charge in [-0.3, -0.25) is 0 Å². The van der Waals surface area contributed by atoms with E-state index in [4.69, 9.17) is 0 Å². The van der Waals surface area contributed by atoms with E-state index in [1.54, 1.807) is 14.0 Å². The van der Waals surface area contributed by atoms with E-state index in [2.05, 4.69) is 25.8 Å². The van der Waals surface area contributed by atoms with Crippen molar-refractivity contribution in [3.63, 3.8) is 0 Å². The SMILES string of the molecule is C/C(=C\c1nc(C(F)F)n(C)c1C)C(C)(C)C.CC. The van der Waals surface area contributed by atoms with E-state index >= 15 is 0 Å². The van der Waals surface area contributed by atoms with Crippen LogP contribution in [-0.4, -0.2) is 9.55 Å². The molecule has 110 valence electrons. The molecular formula is C15H26F2N2. The molecule has 0 aromatic carbocycles. The van der Waals surface area contributed by atoms with E-state index in [1.807, 2.05) is 26.8 Å². The molecule has 0 aliphatic rings. The average molecular weight is 272 g/mol. The molecule has 0 N–H and O–H groups in total. The van der Waals surface area contributed by atoms with Crippen LogP contribution in [0.1, 0.15) is 65.2 Å². The number of halogens is 2. The molecule has 4 heteroatoms. The minimum absolute atomic E-state index is 0.0228. The zero-order valence-corrected chi connectivity index (χ0v) is 13.3. The summed E-state index contributed by atoms with van der Waals surface area (Å²) in [4.78, 5) is 4.00. The van der Waals surface area contributed by atoms with Gasteiger partial charge in [-0.2, -0.15) is 0 Å². The van der Waals surface area contributed by atoms with Gasteiger partial charge in [-0.1, -0.05) is 40.2 Å². The van der Waals surface area contributed by atoms with E-state index in [0.717, 1.165) is 11.3 Å². The molecule has 1 heterocycles. The third-order valence-corrected chi connectivity index (χ3v) is 3.18. The summed E-state index contributed by atoms with van der Waals surface area (Å²) in [6, 6.07) is 0. The van der Waals surface area contributed by atoms with E-state index < -0.39 is 6.43 Å². The highest BCUT2D eigenvalue weighted by atomic mass is 19.3. The lowest BCUT2D eigenvalue weighted by Crippen LogP contribution is -2.06. The number of rotatable bonds is 2. The van der Waals surface area contributed by atoms with Crippen LogP contribution in [0.4, 0.5) is 8.78 Å². The molecule has 0 spiro atoms. The van der Waals surface area contributed by atoms with Gasteiger partial charge in [0.05, 0.1) is 5.69 Å². The van der Waals surface area contributed by atoms with Gasteiger partial charge in [0.2, 0.25) is 0 Å². The van der Waals surface area contributed by atoms with Crippen LogP contribution in [0.2, 0.25) is 0 Å². The van der Waals surface area contributed by atoms with Crippen molar-refractivity contribution in [2.75, 3.05) is 0 Å². The van der Waals surface area contributed by atoms with Gasteiger partial charge in [-0.15, -0.1) is 0 Å². The molecular weight excluding hydrogens is 246 g/mol. The van der Waals surface area contributed by atoms with E-state index in [9.17, 15) is 8.78 Å². The third-order valence-electron chi connectivity index (χ3n) is 3.18. The Labute approximate surface area is 115 Å². The molecule has 1 aromatic heterocycles. The minimum atomic E-state index is -2.53. The van der Waals surface area contributed by atoms with Crippen molar-refractivity contribution in [2.45, 2.75) is 54.9 Å². The van der Waals surface area contributed by atoms with Crippen molar-refractivity contribution < 1.29 is 8.78 Å². The van der Waals surface area contributed by atoms with Crippen molar-refractivity contribution in [3.8, 4) is 0 Å². The lowest BCUT2D eigenvalue weighted by atomic mass is 9.87. The lowest BCUT2D eigenvalue weighted by molar-refractivity contribution is 0.136. The Kier molecular flexibility index (Phi) is 6.40. The molecule has 1 rings (SSSR count). The summed E-state index contributed by atoms with van der Waals surface area (Å²) < 4.78 is 26.8. The first-order valence-corrected chi connectivity index (χ1v) is 6.64. The fraction of sp³-hybridized carbons (Fsp3) is 0.667. The van der Waals surface area contributed by atoms with Crippen molar-refractivity contribution in [1.29, 1.82) is 0 Å². The zero-order valence-electron chi connectivity index (χ0n) is 13.3. The smallest absolute Gasteiger partial charge is 0.295 e. The number of nitrogens with zero attached hydrogens (tertiary/aromatic N) is 2. The van der Waals surface area contributed by atoms with E-state index in [1.165, 1.54) is 4.57 Å². The lowest BCUT2D eigenvalue weighted by Gasteiger charge is -2.19. The summed E-state index contributed by atoms with van der Waals surface area (Å²) in [6.45, 7) is 14.1. The Morgan fingerprint density at radius 3 is 2.05 bits per heavy atom. The molecule has 0 aliphatic heterocycles. The topological polar surface area (TPSA) is 17.8 Å². The number of hydrogen-bond donors (Lipinski definition) is 0. The van der Waals surface area contributed by atoms with Crippen molar-refractivity contribution >= 4 is 6.08 Å². The molecule has 0 aliphatic carbocycles. The molecule has 0 saturated heterocycles. The number of imidazole rings is 1. The Hall–Kier alpha value is -1.19. The normalized spacial score (nSPS) is 12.5. The minimum Gasteiger partial charge on any atom is -0.330 e. The average Bonchev–Trinajstić information content (AvgIpc) is 2.59. The van der Waals surface area contributed by atoms with Crippen molar-refractivity contribution in [2.24, 2.45) is 12.5 Å². The molecule has 0 saturated carbocycles. The number of alkyl halides is 2. The van der Waals surface area contributed by atoms with Crippen LogP contribution < -0.4 is 0 Å². The fourth-order valence-corrected chi connectivity index (χ4v) is 1.38. The molecule has 0 atom stereocenters. The standard InChI is InChI=1S/C13H20F2N2.C2H6/c1-8(13(3,4)5)7-10-9(2)17(6)12(16-10)11(14)15;1-2/h7,11H,1-6H3;1-2H3/b8-7+;. The summed E-state index contributed by atoms with van der Waals surface area (Å²) in [5, 5.41) is 0. The fourth-order valence-electron chi connectivity index (χ4n) is 1.38. The Morgan fingerprint density at radius 1 is 1.26 bits per heavy atom. The highest BCUT2D eigenvalue weighted by molar-refractivity contribution is 5.52.